The Morgan fingerprint density at radius 1 is 1.32 bits per heavy atom. The molecule has 114 valence electrons. The van der Waals surface area contributed by atoms with Gasteiger partial charge in [-0.25, -0.2) is 9.97 Å². The van der Waals surface area contributed by atoms with Crippen molar-refractivity contribution in [2.75, 3.05) is 25.0 Å². The number of para-hydroxylation sites is 2. The van der Waals surface area contributed by atoms with E-state index in [2.05, 4.69) is 4.98 Å². The first-order chi connectivity index (χ1) is 10.6. The van der Waals surface area contributed by atoms with Gasteiger partial charge in [-0.1, -0.05) is 23.7 Å². The predicted molar refractivity (Wildman–Crippen MR) is 91.3 cm³/mol. The Balaban J connectivity index is 2.13. The number of halogens is 1. The Bertz CT molecular complexity index is 811. The third-order valence-electron chi connectivity index (χ3n) is 3.72. The first-order valence-electron chi connectivity index (χ1n) is 7.10. The molecule has 6 heteroatoms. The lowest BCUT2D eigenvalue weighted by Crippen LogP contribution is -2.25. The molecule has 1 aromatic carbocycles. The highest BCUT2D eigenvalue weighted by Gasteiger charge is 2.15. The highest BCUT2D eigenvalue weighted by Crippen LogP contribution is 2.31. The van der Waals surface area contributed by atoms with Crippen LogP contribution in [-0.2, 0) is 7.05 Å². The summed E-state index contributed by atoms with van der Waals surface area (Å²) < 4.78 is 2.04. The van der Waals surface area contributed by atoms with Crippen LogP contribution in [0.1, 0.15) is 0 Å². The van der Waals surface area contributed by atoms with E-state index >= 15 is 0 Å². The predicted octanol–water partition coefficient (Wildman–Crippen LogP) is 2.68. The van der Waals surface area contributed by atoms with Gasteiger partial charge in [0.15, 0.2) is 0 Å². The van der Waals surface area contributed by atoms with Gasteiger partial charge in [-0.15, -0.1) is 0 Å². The first-order valence-corrected chi connectivity index (χ1v) is 7.48. The molecule has 2 heterocycles. The Labute approximate surface area is 134 Å². The number of nitrogens with two attached hydrogens (primary N) is 1. The third kappa shape index (κ3) is 2.53. The van der Waals surface area contributed by atoms with Crippen LogP contribution in [0, 0.1) is 0 Å². The van der Waals surface area contributed by atoms with Crippen molar-refractivity contribution in [1.82, 2.24) is 14.5 Å². The van der Waals surface area contributed by atoms with E-state index in [0.29, 0.717) is 11.6 Å². The summed E-state index contributed by atoms with van der Waals surface area (Å²) in [6, 6.07) is 9.98. The van der Waals surface area contributed by atoms with Gasteiger partial charge in [0.25, 0.3) is 0 Å². The Morgan fingerprint density at radius 3 is 2.82 bits per heavy atom. The van der Waals surface area contributed by atoms with Gasteiger partial charge in [-0.3, -0.25) is 0 Å². The molecule has 2 aromatic heterocycles. The van der Waals surface area contributed by atoms with Gasteiger partial charge in [-0.05, 0) is 18.2 Å². The summed E-state index contributed by atoms with van der Waals surface area (Å²) in [5.74, 6) is 1.66. The van der Waals surface area contributed by atoms with Crippen LogP contribution in [0.2, 0.25) is 5.02 Å². The molecule has 0 aliphatic carbocycles. The molecule has 0 aliphatic rings. The van der Waals surface area contributed by atoms with Crippen molar-refractivity contribution in [1.29, 1.82) is 0 Å². The van der Waals surface area contributed by atoms with Crippen LogP contribution in [-0.4, -0.2) is 34.7 Å². The number of hydrogen-bond donors (Lipinski definition) is 1. The van der Waals surface area contributed by atoms with Crippen LogP contribution in [0.15, 0.2) is 36.5 Å². The molecule has 0 fully saturated rings. The molecule has 0 atom stereocenters. The molecule has 3 aromatic rings. The SMILES string of the molecule is CN(CCN)c1cc(-c2nc3ccccc3n2C)c(Cl)cn1. The first kappa shape index (κ1) is 14.8. The van der Waals surface area contributed by atoms with Crippen molar-refractivity contribution in [3.63, 3.8) is 0 Å². The molecule has 5 nitrogen and oxygen atoms in total. The number of rotatable bonds is 4. The van der Waals surface area contributed by atoms with Crippen molar-refractivity contribution in [3.05, 3.63) is 41.6 Å². The lowest BCUT2D eigenvalue weighted by molar-refractivity contribution is 0.868. The number of nitrogens with zero attached hydrogens (tertiary/aromatic N) is 4. The van der Waals surface area contributed by atoms with Crippen molar-refractivity contribution in [2.45, 2.75) is 0 Å². The summed E-state index contributed by atoms with van der Waals surface area (Å²) in [7, 11) is 3.95. The monoisotopic (exact) mass is 315 g/mol. The summed E-state index contributed by atoms with van der Waals surface area (Å²) in [6.07, 6.45) is 1.67. The zero-order chi connectivity index (χ0) is 15.7. The molecule has 22 heavy (non-hydrogen) atoms. The van der Waals surface area contributed by atoms with E-state index in [0.717, 1.165) is 34.8 Å². The number of aromatic nitrogens is 3. The quantitative estimate of drug-likeness (QED) is 0.804. The second kappa shape index (κ2) is 5.94. The van der Waals surface area contributed by atoms with Crippen LogP contribution < -0.4 is 10.6 Å². The van der Waals surface area contributed by atoms with Crippen LogP contribution in [0.3, 0.4) is 0 Å². The van der Waals surface area contributed by atoms with Crippen LogP contribution in [0.5, 0.6) is 0 Å². The topological polar surface area (TPSA) is 60.0 Å². The smallest absolute Gasteiger partial charge is 0.142 e. The average molecular weight is 316 g/mol. The molecule has 0 amide bonds. The number of benzene rings is 1. The zero-order valence-corrected chi connectivity index (χ0v) is 13.4. The maximum atomic E-state index is 6.35. The molecule has 0 radical (unpaired) electrons. The summed E-state index contributed by atoms with van der Waals surface area (Å²) >= 11 is 6.35. The average Bonchev–Trinajstić information content (AvgIpc) is 2.85. The highest BCUT2D eigenvalue weighted by molar-refractivity contribution is 6.33. The molecular formula is C16H18ClN5. The van der Waals surface area contributed by atoms with Crippen molar-refractivity contribution < 1.29 is 0 Å². The van der Waals surface area contributed by atoms with E-state index in [-0.39, 0.29) is 0 Å². The molecule has 0 saturated heterocycles. The van der Waals surface area contributed by atoms with Gasteiger partial charge >= 0.3 is 0 Å². The lowest BCUT2D eigenvalue weighted by Gasteiger charge is -2.18. The fourth-order valence-electron chi connectivity index (χ4n) is 2.50. The third-order valence-corrected chi connectivity index (χ3v) is 4.03. The summed E-state index contributed by atoms with van der Waals surface area (Å²) in [6.45, 7) is 1.30. The summed E-state index contributed by atoms with van der Waals surface area (Å²) in [4.78, 5) is 11.1. The van der Waals surface area contributed by atoms with E-state index in [1.165, 1.54) is 0 Å². The molecule has 0 saturated carbocycles. The minimum atomic E-state index is 0.572. The zero-order valence-electron chi connectivity index (χ0n) is 12.6. The Kier molecular flexibility index (Phi) is 4.00. The van der Waals surface area contributed by atoms with Gasteiger partial charge in [0.2, 0.25) is 0 Å². The van der Waals surface area contributed by atoms with Crippen molar-refractivity contribution in [2.24, 2.45) is 12.8 Å². The number of aryl methyl sites for hydroxylation is 1. The number of hydrogen-bond acceptors (Lipinski definition) is 4. The van der Waals surface area contributed by atoms with Gasteiger partial charge in [0.1, 0.15) is 11.6 Å². The molecule has 0 unspecified atom stereocenters. The summed E-state index contributed by atoms with van der Waals surface area (Å²) in [5, 5.41) is 0.586. The van der Waals surface area contributed by atoms with Gasteiger partial charge in [0.05, 0.1) is 16.1 Å². The second-order valence-electron chi connectivity index (χ2n) is 5.22. The largest absolute Gasteiger partial charge is 0.358 e. The number of pyridine rings is 1. The van der Waals surface area contributed by atoms with E-state index < -0.39 is 0 Å². The van der Waals surface area contributed by atoms with Crippen molar-refractivity contribution in [3.8, 4) is 11.4 Å². The van der Waals surface area contributed by atoms with E-state index in [9.17, 15) is 0 Å². The Hall–Kier alpha value is -2.11. The maximum Gasteiger partial charge on any atom is 0.142 e. The standard InChI is InChI=1S/C16H18ClN5/c1-21(8-7-18)15-9-11(12(17)10-19-15)16-20-13-5-3-4-6-14(13)22(16)2/h3-6,9-10H,7-8,18H2,1-2H3. The lowest BCUT2D eigenvalue weighted by atomic mass is 10.2. The minimum Gasteiger partial charge on any atom is -0.358 e. The molecule has 0 spiro atoms. The number of likely N-dealkylation sites (N-methyl/N-ethyl adjacent to an activating group) is 1. The molecular weight excluding hydrogens is 298 g/mol. The fourth-order valence-corrected chi connectivity index (χ4v) is 2.69. The van der Waals surface area contributed by atoms with Gasteiger partial charge < -0.3 is 15.2 Å². The number of anilines is 1. The highest BCUT2D eigenvalue weighted by atomic mass is 35.5. The minimum absolute atomic E-state index is 0.572. The Morgan fingerprint density at radius 2 is 2.09 bits per heavy atom. The van der Waals surface area contributed by atoms with Crippen molar-refractivity contribution >= 4 is 28.5 Å². The fraction of sp³-hybridized carbons (Fsp3) is 0.250. The van der Waals surface area contributed by atoms with Gasteiger partial charge in [-0.2, -0.15) is 0 Å². The summed E-state index contributed by atoms with van der Waals surface area (Å²) in [5.41, 5.74) is 8.50. The molecule has 0 aliphatic heterocycles. The van der Waals surface area contributed by atoms with Gasteiger partial charge in [0, 0.05) is 38.9 Å². The van der Waals surface area contributed by atoms with Crippen LogP contribution in [0.25, 0.3) is 22.4 Å². The van der Waals surface area contributed by atoms with E-state index in [4.69, 9.17) is 22.3 Å². The van der Waals surface area contributed by atoms with Crippen LogP contribution >= 0.6 is 11.6 Å². The number of fused-ring (bicyclic) bond motifs is 1. The molecule has 2 N–H and O–H groups in total. The van der Waals surface area contributed by atoms with E-state index in [1.807, 2.05) is 53.9 Å². The van der Waals surface area contributed by atoms with Crippen LogP contribution in [0.4, 0.5) is 5.82 Å². The second-order valence-corrected chi connectivity index (χ2v) is 5.62. The molecule has 3 rings (SSSR count). The number of imidazole rings is 1. The van der Waals surface area contributed by atoms with E-state index in [1.54, 1.807) is 6.20 Å². The maximum absolute atomic E-state index is 6.35. The molecule has 0 bridgehead atoms. The normalized spacial score (nSPS) is 11.1.